The molecular weight excluding hydrogens is 381 g/mol. The predicted molar refractivity (Wildman–Crippen MR) is 103 cm³/mol. The predicted octanol–water partition coefficient (Wildman–Crippen LogP) is 4.29. The molecule has 1 aliphatic heterocycles. The fraction of sp³-hybridized carbons (Fsp3) is 0.381. The van der Waals surface area contributed by atoms with Gasteiger partial charge in [-0.1, -0.05) is 43.2 Å². The molecule has 0 bridgehead atoms. The third-order valence-electron chi connectivity index (χ3n) is 5.39. The van der Waals surface area contributed by atoms with Crippen LogP contribution < -0.4 is 5.32 Å². The number of carbonyl (C=O) groups is 1. The van der Waals surface area contributed by atoms with E-state index in [0.29, 0.717) is 18.4 Å². The number of nitrogens with zero attached hydrogens (tertiary/aromatic N) is 3. The van der Waals surface area contributed by atoms with Crippen molar-refractivity contribution >= 4 is 17.6 Å². The number of pyridine rings is 1. The Balaban J connectivity index is 1.85. The number of hydrogen-bond acceptors (Lipinski definition) is 4. The molecule has 0 radical (unpaired) electrons. The summed E-state index contributed by atoms with van der Waals surface area (Å²) in [6.45, 7) is 1.74. The van der Waals surface area contributed by atoms with Gasteiger partial charge in [0, 0.05) is 17.8 Å². The lowest BCUT2D eigenvalue weighted by molar-refractivity contribution is -0.185. The van der Waals surface area contributed by atoms with Crippen molar-refractivity contribution in [2.45, 2.75) is 50.5 Å². The second kappa shape index (κ2) is 7.17. The maximum atomic E-state index is 14.4. The van der Waals surface area contributed by atoms with E-state index in [1.165, 1.54) is 17.2 Å². The molecule has 1 aliphatic carbocycles. The van der Waals surface area contributed by atoms with Crippen LogP contribution in [0.25, 0.3) is 0 Å². The Hall–Kier alpha value is -2.90. The molecule has 1 N–H and O–H groups in total. The van der Waals surface area contributed by atoms with Crippen molar-refractivity contribution in [1.29, 1.82) is 0 Å². The van der Waals surface area contributed by atoms with E-state index in [0.717, 1.165) is 18.4 Å². The summed E-state index contributed by atoms with van der Waals surface area (Å²) in [5, 5.41) is 2.32. The second-order valence-electron chi connectivity index (χ2n) is 7.47. The number of nitrogens with one attached hydrogen (secondary N) is 1. The lowest BCUT2D eigenvalue weighted by Crippen LogP contribution is -2.59. The topological polar surface area (TPSA) is 57.6 Å². The molecule has 0 saturated heterocycles. The Kier molecular flexibility index (Phi) is 4.80. The molecule has 1 fully saturated rings. The van der Waals surface area contributed by atoms with E-state index in [9.17, 15) is 18.0 Å². The van der Waals surface area contributed by atoms with E-state index in [1.54, 1.807) is 43.3 Å². The molecule has 1 aromatic heterocycles. The van der Waals surface area contributed by atoms with Crippen molar-refractivity contribution in [2.75, 3.05) is 5.32 Å². The number of benzene rings is 1. The van der Waals surface area contributed by atoms with E-state index in [2.05, 4.69) is 15.3 Å². The summed E-state index contributed by atoms with van der Waals surface area (Å²) >= 11 is 0. The van der Waals surface area contributed by atoms with Gasteiger partial charge in [0.15, 0.2) is 0 Å². The number of carbonyl (C=O) groups excluding carboxylic acids is 1. The molecule has 1 atom stereocenters. The number of anilines is 1. The Bertz CT molecular complexity index is 938. The Morgan fingerprint density at radius 2 is 1.83 bits per heavy atom. The van der Waals surface area contributed by atoms with Gasteiger partial charge in [-0.15, -0.1) is 0 Å². The van der Waals surface area contributed by atoms with E-state index < -0.39 is 17.7 Å². The van der Waals surface area contributed by atoms with Gasteiger partial charge in [-0.25, -0.2) is 9.98 Å². The highest BCUT2D eigenvalue weighted by Gasteiger charge is 2.67. The van der Waals surface area contributed by atoms with Gasteiger partial charge >= 0.3 is 11.8 Å². The zero-order valence-corrected chi connectivity index (χ0v) is 15.9. The molecule has 5 nitrogen and oxygen atoms in total. The minimum absolute atomic E-state index is 0.0416. The van der Waals surface area contributed by atoms with Crippen molar-refractivity contribution in [1.82, 2.24) is 9.88 Å². The Morgan fingerprint density at radius 1 is 1.14 bits per heavy atom. The summed E-state index contributed by atoms with van der Waals surface area (Å²) in [7, 11) is 0. The normalized spacial score (nSPS) is 22.8. The van der Waals surface area contributed by atoms with Gasteiger partial charge in [-0.05, 0) is 37.5 Å². The summed E-state index contributed by atoms with van der Waals surface area (Å²) in [5.74, 6) is -1.08. The third-order valence-corrected chi connectivity index (χ3v) is 5.39. The van der Waals surface area contributed by atoms with Crippen LogP contribution in [0.2, 0.25) is 0 Å². The first-order valence-corrected chi connectivity index (χ1v) is 9.58. The van der Waals surface area contributed by atoms with Crippen LogP contribution in [0.5, 0.6) is 0 Å². The van der Waals surface area contributed by atoms with Crippen molar-refractivity contribution < 1.29 is 18.0 Å². The molecule has 0 spiro atoms. The summed E-state index contributed by atoms with van der Waals surface area (Å²) in [6.07, 6.45) is -0.464. The quantitative estimate of drug-likeness (QED) is 0.830. The van der Waals surface area contributed by atoms with Gasteiger partial charge in [0.05, 0.1) is 0 Å². The molecule has 2 aliphatic rings. The Morgan fingerprint density at radius 3 is 2.45 bits per heavy atom. The number of amidine groups is 1. The molecule has 152 valence electrons. The van der Waals surface area contributed by atoms with Crippen molar-refractivity contribution in [2.24, 2.45) is 4.99 Å². The van der Waals surface area contributed by atoms with Crippen LogP contribution in [-0.4, -0.2) is 39.5 Å². The molecule has 8 heteroatoms. The lowest BCUT2D eigenvalue weighted by atomic mass is 10.1. The molecule has 0 unspecified atom stereocenters. The number of hydrogen-bond donors (Lipinski definition) is 1. The van der Waals surface area contributed by atoms with Crippen LogP contribution in [0.1, 0.15) is 36.8 Å². The molecule has 1 amide bonds. The molecular formula is C21H21F3N4O. The molecule has 1 saturated carbocycles. The number of aromatic nitrogens is 1. The number of aliphatic imine (C=N–C) groups is 1. The fourth-order valence-corrected chi connectivity index (χ4v) is 3.95. The average Bonchev–Trinajstić information content (AvgIpc) is 3.29. The highest BCUT2D eigenvalue weighted by Crippen LogP contribution is 2.42. The first-order chi connectivity index (χ1) is 13.8. The van der Waals surface area contributed by atoms with Crippen LogP contribution in [0, 0.1) is 6.92 Å². The number of amides is 1. The summed E-state index contributed by atoms with van der Waals surface area (Å²) in [6, 6.07) is 11.4. The van der Waals surface area contributed by atoms with Gasteiger partial charge in [-0.3, -0.25) is 9.69 Å². The minimum Gasteiger partial charge on any atom is -0.331 e. The smallest absolute Gasteiger partial charge is 0.331 e. The maximum Gasteiger partial charge on any atom is 0.442 e. The molecule has 1 aromatic carbocycles. The highest BCUT2D eigenvalue weighted by molar-refractivity contribution is 6.16. The van der Waals surface area contributed by atoms with Crippen molar-refractivity contribution in [3.8, 4) is 0 Å². The summed E-state index contributed by atoms with van der Waals surface area (Å²) in [5.41, 5.74) is -1.88. The monoisotopic (exact) mass is 402 g/mol. The van der Waals surface area contributed by atoms with Crippen LogP contribution in [-0.2, 0) is 4.79 Å². The first kappa shape index (κ1) is 19.4. The van der Waals surface area contributed by atoms with Gasteiger partial charge in [-0.2, -0.15) is 13.2 Å². The molecule has 29 heavy (non-hydrogen) atoms. The van der Waals surface area contributed by atoms with Crippen LogP contribution in [0.15, 0.2) is 53.7 Å². The van der Waals surface area contributed by atoms with Crippen LogP contribution in [0.3, 0.4) is 0 Å². The van der Waals surface area contributed by atoms with Gasteiger partial charge in [0.25, 0.3) is 5.91 Å². The second-order valence-corrected chi connectivity index (χ2v) is 7.47. The maximum absolute atomic E-state index is 14.4. The van der Waals surface area contributed by atoms with E-state index in [1.807, 2.05) is 0 Å². The van der Waals surface area contributed by atoms with Gasteiger partial charge in [0.2, 0.25) is 0 Å². The standard InChI is InChI=1S/C21H21F3N4O/c1-14-11-12-25-17(13-14)26-20(21(22,23)24)19(29)28(16-9-5-6-10-16)18(27-20)15-7-3-2-4-8-15/h2-4,7-8,11-13,16H,5-6,9-10H2,1H3,(H,25,26)/t20-/m1/s1. The van der Waals surface area contributed by atoms with Gasteiger partial charge in [0.1, 0.15) is 11.7 Å². The Labute approximate surface area is 166 Å². The first-order valence-electron chi connectivity index (χ1n) is 9.58. The summed E-state index contributed by atoms with van der Waals surface area (Å²) < 4.78 is 43.1. The lowest BCUT2D eigenvalue weighted by Gasteiger charge is -2.31. The van der Waals surface area contributed by atoms with Crippen LogP contribution in [0.4, 0.5) is 19.0 Å². The van der Waals surface area contributed by atoms with E-state index in [4.69, 9.17) is 0 Å². The van der Waals surface area contributed by atoms with E-state index in [-0.39, 0.29) is 17.7 Å². The molecule has 4 rings (SSSR count). The third kappa shape index (κ3) is 3.36. The van der Waals surface area contributed by atoms with Gasteiger partial charge < -0.3 is 5.32 Å². The largest absolute Gasteiger partial charge is 0.442 e. The van der Waals surface area contributed by atoms with E-state index >= 15 is 0 Å². The number of halogens is 3. The van der Waals surface area contributed by atoms with Crippen molar-refractivity contribution in [3.05, 3.63) is 59.8 Å². The zero-order chi connectivity index (χ0) is 20.6. The van der Waals surface area contributed by atoms with Crippen LogP contribution >= 0.6 is 0 Å². The SMILES string of the molecule is Cc1ccnc(N[C@@]2(C(F)(F)F)N=C(c3ccccc3)N(C3CCCC3)C2=O)c1. The number of alkyl halides is 3. The highest BCUT2D eigenvalue weighted by atomic mass is 19.4. The molecule has 2 heterocycles. The summed E-state index contributed by atoms with van der Waals surface area (Å²) in [4.78, 5) is 22.6. The average molecular weight is 402 g/mol. The number of aryl methyl sites for hydroxylation is 1. The molecule has 2 aromatic rings. The zero-order valence-electron chi connectivity index (χ0n) is 15.9. The minimum atomic E-state index is -4.94. The fourth-order valence-electron chi connectivity index (χ4n) is 3.95. The van der Waals surface area contributed by atoms with Crippen molar-refractivity contribution in [3.63, 3.8) is 0 Å². The number of rotatable bonds is 4.